The van der Waals surface area contributed by atoms with Crippen molar-refractivity contribution in [3.05, 3.63) is 243 Å². The van der Waals surface area contributed by atoms with Crippen LogP contribution in [-0.4, -0.2) is 32.7 Å². The summed E-state index contributed by atoms with van der Waals surface area (Å²) >= 11 is 0. The second-order valence-electron chi connectivity index (χ2n) is 20.4. The van der Waals surface area contributed by atoms with Crippen LogP contribution in [0.4, 0.5) is 11.4 Å². The molecule has 0 saturated heterocycles. The van der Waals surface area contributed by atoms with Crippen molar-refractivity contribution in [1.29, 1.82) is 0 Å². The number of hydrogen-bond donors (Lipinski definition) is 1. The molecule has 16 rings (SSSR count). The van der Waals surface area contributed by atoms with Crippen LogP contribution in [0.3, 0.4) is 0 Å². The van der Waals surface area contributed by atoms with Gasteiger partial charge < -0.3 is 5.32 Å². The first-order valence-corrected chi connectivity index (χ1v) is 26.5. The van der Waals surface area contributed by atoms with Gasteiger partial charge in [0.15, 0.2) is 0 Å². The van der Waals surface area contributed by atoms with E-state index in [1.54, 1.807) is 24.8 Å². The standard InChI is InChI=1S/C72H44N6/c1-4-19-61-55(16-1)58-25-22-49(40-64(58)70-67(61)73-28-31-76-70)43-10-7-13-46(34-43)52-37-53(47-14-8-11-44(35-47)50-23-26-59-56-17-2-5-20-62(56)68-71(65(59)41-50)77-32-29-74-68)39-54(38-52)48-15-9-12-45(36-48)51-24-27-60-57-18-3-6-21-63(57)69-72(66(60)42-51)78-33-30-75-69/h1-29,31-42,75H,30H2. The average molecular weight is 993 g/mol. The molecule has 0 saturated carbocycles. The predicted molar refractivity (Wildman–Crippen MR) is 327 cm³/mol. The first kappa shape index (κ1) is 43.9. The van der Waals surface area contributed by atoms with Crippen LogP contribution in [0.15, 0.2) is 248 Å². The first-order chi connectivity index (χ1) is 38.6. The quantitative estimate of drug-likeness (QED) is 0.168. The van der Waals surface area contributed by atoms with Crippen LogP contribution < -0.4 is 5.32 Å². The van der Waals surface area contributed by atoms with Crippen LogP contribution in [-0.2, 0) is 0 Å². The summed E-state index contributed by atoms with van der Waals surface area (Å²) in [6.07, 6.45) is 9.14. The fourth-order valence-corrected chi connectivity index (χ4v) is 12.3. The number of benzene rings is 13. The van der Waals surface area contributed by atoms with E-state index >= 15 is 0 Å². The summed E-state index contributed by atoms with van der Waals surface area (Å²) in [4.78, 5) is 24.4. The smallest absolute Gasteiger partial charge is 0.0971 e. The summed E-state index contributed by atoms with van der Waals surface area (Å²) in [5.41, 5.74) is 19.3. The van der Waals surface area contributed by atoms with Crippen molar-refractivity contribution in [3.8, 4) is 66.8 Å². The van der Waals surface area contributed by atoms with E-state index in [0.717, 1.165) is 127 Å². The monoisotopic (exact) mass is 992 g/mol. The van der Waals surface area contributed by atoms with Crippen molar-refractivity contribution >= 4 is 104 Å². The normalized spacial score (nSPS) is 12.4. The van der Waals surface area contributed by atoms with Gasteiger partial charge in [-0.3, -0.25) is 24.9 Å². The van der Waals surface area contributed by atoms with E-state index in [1.165, 1.54) is 37.7 Å². The molecule has 13 aromatic carbocycles. The van der Waals surface area contributed by atoms with Gasteiger partial charge in [-0.25, -0.2) is 0 Å². The van der Waals surface area contributed by atoms with E-state index in [4.69, 9.17) is 24.9 Å². The fraction of sp³-hybridized carbons (Fsp3) is 0.0139. The van der Waals surface area contributed by atoms with Gasteiger partial charge in [-0.05, 0) is 154 Å². The molecular formula is C72H44N6. The zero-order valence-corrected chi connectivity index (χ0v) is 42.1. The van der Waals surface area contributed by atoms with Crippen molar-refractivity contribution < 1.29 is 0 Å². The van der Waals surface area contributed by atoms with Gasteiger partial charge in [0.1, 0.15) is 0 Å². The number of fused-ring (bicyclic) bond motifs is 18. The minimum Gasteiger partial charge on any atom is -0.378 e. The van der Waals surface area contributed by atoms with Gasteiger partial charge >= 0.3 is 0 Å². The van der Waals surface area contributed by atoms with E-state index in [2.05, 4.69) is 224 Å². The van der Waals surface area contributed by atoms with Crippen LogP contribution in [0, 0.1) is 0 Å². The number of aromatic nitrogens is 4. The summed E-state index contributed by atoms with van der Waals surface area (Å²) in [5.74, 6) is 0. The zero-order valence-electron chi connectivity index (χ0n) is 42.1. The second-order valence-corrected chi connectivity index (χ2v) is 20.4. The number of nitrogens with one attached hydrogen (secondary N) is 1. The van der Waals surface area contributed by atoms with Gasteiger partial charge in [0.05, 0.1) is 40.0 Å². The van der Waals surface area contributed by atoms with Crippen molar-refractivity contribution in [1.82, 2.24) is 19.9 Å². The molecule has 0 radical (unpaired) electrons. The maximum absolute atomic E-state index is 4.97. The van der Waals surface area contributed by atoms with E-state index in [9.17, 15) is 0 Å². The van der Waals surface area contributed by atoms with Crippen molar-refractivity contribution in [2.75, 3.05) is 11.9 Å². The van der Waals surface area contributed by atoms with Crippen LogP contribution in [0.5, 0.6) is 0 Å². The molecule has 6 nitrogen and oxygen atoms in total. The third-order valence-electron chi connectivity index (χ3n) is 16.0. The fourth-order valence-electron chi connectivity index (χ4n) is 12.3. The van der Waals surface area contributed by atoms with Gasteiger partial charge in [-0.1, -0.05) is 164 Å². The molecule has 1 aliphatic rings. The lowest BCUT2D eigenvalue weighted by molar-refractivity contribution is 1.31. The molecule has 0 bridgehead atoms. The largest absolute Gasteiger partial charge is 0.378 e. The first-order valence-electron chi connectivity index (χ1n) is 26.5. The van der Waals surface area contributed by atoms with Gasteiger partial charge in [-0.15, -0.1) is 0 Å². The molecule has 0 atom stereocenters. The summed E-state index contributed by atoms with van der Waals surface area (Å²) in [5, 5.41) is 17.5. The molecule has 0 spiro atoms. The Morgan fingerprint density at radius 2 is 0.551 bits per heavy atom. The summed E-state index contributed by atoms with van der Waals surface area (Å²) in [6.45, 7) is 0.710. The van der Waals surface area contributed by atoms with Gasteiger partial charge in [0.25, 0.3) is 0 Å². The van der Waals surface area contributed by atoms with E-state index in [1.807, 2.05) is 6.21 Å². The van der Waals surface area contributed by atoms with Crippen LogP contribution in [0.1, 0.15) is 0 Å². The highest BCUT2D eigenvalue weighted by molar-refractivity contribution is 6.25. The Morgan fingerprint density at radius 3 is 0.987 bits per heavy atom. The van der Waals surface area contributed by atoms with E-state index < -0.39 is 0 Å². The highest BCUT2D eigenvalue weighted by Gasteiger charge is 2.19. The molecule has 2 aromatic heterocycles. The molecule has 15 aromatic rings. The number of hydrogen-bond acceptors (Lipinski definition) is 6. The van der Waals surface area contributed by atoms with Crippen LogP contribution >= 0.6 is 0 Å². The molecule has 3 heterocycles. The number of aliphatic imine (C=N–C) groups is 1. The Balaban J connectivity index is 0.847. The molecule has 0 aliphatic carbocycles. The Bertz CT molecular complexity index is 4770. The molecule has 362 valence electrons. The minimum atomic E-state index is 0.710. The molecule has 0 fully saturated rings. The third kappa shape index (κ3) is 7.08. The number of anilines is 1. The number of rotatable bonds is 6. The Kier molecular flexibility index (Phi) is 9.90. The number of nitrogens with zero attached hydrogens (tertiary/aromatic N) is 5. The lowest BCUT2D eigenvalue weighted by Gasteiger charge is -2.19. The molecule has 6 heteroatoms. The van der Waals surface area contributed by atoms with Crippen molar-refractivity contribution in [3.63, 3.8) is 0 Å². The maximum Gasteiger partial charge on any atom is 0.0971 e. The third-order valence-corrected chi connectivity index (χ3v) is 16.0. The Labute approximate surface area is 448 Å². The molecule has 1 N–H and O–H groups in total. The molecular weight excluding hydrogens is 949 g/mol. The topological polar surface area (TPSA) is 76.0 Å². The molecule has 1 aliphatic heterocycles. The second kappa shape index (κ2) is 17.6. The van der Waals surface area contributed by atoms with Crippen LogP contribution in [0.2, 0.25) is 0 Å². The zero-order chi connectivity index (χ0) is 51.3. The predicted octanol–water partition coefficient (Wildman–Crippen LogP) is 18.6. The highest BCUT2D eigenvalue weighted by atomic mass is 15.0. The van der Waals surface area contributed by atoms with Crippen molar-refractivity contribution in [2.24, 2.45) is 4.99 Å². The van der Waals surface area contributed by atoms with Gasteiger partial charge in [-0.2, -0.15) is 0 Å². The lowest BCUT2D eigenvalue weighted by atomic mass is 9.89. The molecule has 78 heavy (non-hydrogen) atoms. The average Bonchev–Trinajstić information content (AvgIpc) is 3.71. The highest BCUT2D eigenvalue weighted by Crippen LogP contribution is 2.46. The maximum atomic E-state index is 4.97. The Morgan fingerprint density at radius 1 is 0.244 bits per heavy atom. The van der Waals surface area contributed by atoms with Gasteiger partial charge in [0, 0.05) is 63.3 Å². The van der Waals surface area contributed by atoms with Crippen LogP contribution in [0.25, 0.3) is 153 Å². The minimum absolute atomic E-state index is 0.710. The lowest BCUT2D eigenvalue weighted by Crippen LogP contribution is -2.07. The SMILES string of the molecule is C1=Nc2c(c3ccccc3c3ccc(-c4cccc(-c5cc(-c6cccc(-c7ccc8c9ccccc9c9nccnc9c8c7)c6)cc(-c6cccc(-c7ccc8c9ccccc9c9nccnc9c8c7)c6)c5)c4)cc23)NC1. The molecule has 0 amide bonds. The van der Waals surface area contributed by atoms with E-state index in [0.29, 0.717) is 6.54 Å². The van der Waals surface area contributed by atoms with Crippen molar-refractivity contribution in [2.45, 2.75) is 0 Å². The summed E-state index contributed by atoms with van der Waals surface area (Å²) in [6, 6.07) is 80.0. The van der Waals surface area contributed by atoms with E-state index in [-0.39, 0.29) is 0 Å². The van der Waals surface area contributed by atoms with Gasteiger partial charge in [0.2, 0.25) is 0 Å². The summed E-state index contributed by atoms with van der Waals surface area (Å²) in [7, 11) is 0. The Hall–Kier alpha value is -10.4. The summed E-state index contributed by atoms with van der Waals surface area (Å²) < 4.78 is 0. The molecule has 0 unspecified atom stereocenters.